The van der Waals surface area contributed by atoms with Gasteiger partial charge >= 0.3 is 6.36 Å². The molecule has 1 aliphatic carbocycles. The maximum absolute atomic E-state index is 12.2. The normalized spacial score (nSPS) is 15.8. The molecule has 0 radical (unpaired) electrons. The molecule has 0 heterocycles. The zero-order chi connectivity index (χ0) is 15.7. The maximum Gasteiger partial charge on any atom is 0.573 e. The molecule has 1 saturated carbocycles. The molecule has 0 unspecified atom stereocenters. The molecule has 9 heteroatoms. The van der Waals surface area contributed by atoms with Crippen molar-refractivity contribution in [2.24, 2.45) is 0 Å². The second-order valence-electron chi connectivity index (χ2n) is 4.60. The molecule has 0 aromatic heterocycles. The largest absolute Gasteiger partial charge is 0.573 e. The lowest BCUT2D eigenvalue weighted by Crippen LogP contribution is -2.17. The third kappa shape index (κ3) is 5.80. The van der Waals surface area contributed by atoms with E-state index in [0.717, 1.165) is 31.2 Å². The number of hydrogen-bond acceptors (Lipinski definition) is 5. The molecule has 1 aliphatic rings. The minimum atomic E-state index is -4.83. The van der Waals surface area contributed by atoms with Crippen molar-refractivity contribution in [3.8, 4) is 11.5 Å². The summed E-state index contributed by atoms with van der Waals surface area (Å²) < 4.78 is 72.4. The topological polar surface area (TPSA) is 61.8 Å². The standard InChI is InChI=1S/C12H13F3O5S/c1-21(16,17)18-7-8-6-10(20-12(13,14)15)4-5-11(8)19-9-2-3-9/h4-6,9H,2-3,7H2,1H3. The highest BCUT2D eigenvalue weighted by Crippen LogP contribution is 2.33. The van der Waals surface area contributed by atoms with E-state index in [1.165, 1.54) is 6.07 Å². The van der Waals surface area contributed by atoms with Gasteiger partial charge in [0.1, 0.15) is 11.5 Å². The SMILES string of the molecule is CS(=O)(=O)OCc1cc(OC(F)(F)F)ccc1OC1CC1. The van der Waals surface area contributed by atoms with E-state index in [9.17, 15) is 21.6 Å². The molecule has 0 N–H and O–H groups in total. The molecule has 5 nitrogen and oxygen atoms in total. The van der Waals surface area contributed by atoms with Crippen LogP contribution in [0, 0.1) is 0 Å². The van der Waals surface area contributed by atoms with Crippen LogP contribution in [0.1, 0.15) is 18.4 Å². The third-order valence-corrected chi connectivity index (χ3v) is 3.06. The van der Waals surface area contributed by atoms with E-state index in [0.29, 0.717) is 0 Å². The van der Waals surface area contributed by atoms with Gasteiger partial charge in [0.25, 0.3) is 10.1 Å². The van der Waals surface area contributed by atoms with E-state index < -0.39 is 28.8 Å². The van der Waals surface area contributed by atoms with Crippen LogP contribution in [-0.4, -0.2) is 27.1 Å². The minimum Gasteiger partial charge on any atom is -0.490 e. The summed E-state index contributed by atoms with van der Waals surface area (Å²) in [5.41, 5.74) is 0.175. The number of alkyl halides is 3. The van der Waals surface area contributed by atoms with Gasteiger partial charge in [-0.15, -0.1) is 13.2 Å². The summed E-state index contributed by atoms with van der Waals surface area (Å²) in [6.07, 6.45) is -2.25. The molecular formula is C12H13F3O5S. The van der Waals surface area contributed by atoms with Gasteiger partial charge in [0.2, 0.25) is 0 Å². The van der Waals surface area contributed by atoms with E-state index in [1.807, 2.05) is 0 Å². The lowest BCUT2D eigenvalue weighted by atomic mass is 10.2. The summed E-state index contributed by atoms with van der Waals surface area (Å²) in [5, 5.41) is 0. The van der Waals surface area contributed by atoms with Crippen LogP contribution in [-0.2, 0) is 20.9 Å². The lowest BCUT2D eigenvalue weighted by Gasteiger charge is -2.14. The Morgan fingerprint density at radius 1 is 1.29 bits per heavy atom. The van der Waals surface area contributed by atoms with Gasteiger partial charge in [-0.25, -0.2) is 0 Å². The molecular weight excluding hydrogens is 313 g/mol. The van der Waals surface area contributed by atoms with Crippen molar-refractivity contribution in [3.63, 3.8) is 0 Å². The summed E-state index contributed by atoms with van der Waals surface area (Å²) in [6.45, 7) is -0.421. The van der Waals surface area contributed by atoms with Crippen LogP contribution in [0.2, 0.25) is 0 Å². The average molecular weight is 326 g/mol. The van der Waals surface area contributed by atoms with Crippen LogP contribution in [0.3, 0.4) is 0 Å². The van der Waals surface area contributed by atoms with Gasteiger partial charge in [0.05, 0.1) is 19.0 Å². The molecule has 2 rings (SSSR count). The molecule has 118 valence electrons. The van der Waals surface area contributed by atoms with E-state index in [2.05, 4.69) is 8.92 Å². The second kappa shape index (κ2) is 5.72. The fourth-order valence-corrected chi connectivity index (χ4v) is 1.86. The van der Waals surface area contributed by atoms with Crippen LogP contribution in [0.4, 0.5) is 13.2 Å². The molecule has 0 amide bonds. The van der Waals surface area contributed by atoms with Crippen molar-refractivity contribution in [3.05, 3.63) is 23.8 Å². The molecule has 21 heavy (non-hydrogen) atoms. The van der Waals surface area contributed by atoms with Crippen LogP contribution in [0.25, 0.3) is 0 Å². The van der Waals surface area contributed by atoms with Crippen LogP contribution >= 0.6 is 0 Å². The van der Waals surface area contributed by atoms with Crippen molar-refractivity contribution in [2.75, 3.05) is 6.26 Å². The second-order valence-corrected chi connectivity index (χ2v) is 6.24. The van der Waals surface area contributed by atoms with Gasteiger partial charge < -0.3 is 9.47 Å². The Morgan fingerprint density at radius 2 is 1.95 bits per heavy atom. The first-order chi connectivity index (χ1) is 9.62. The number of benzene rings is 1. The third-order valence-electron chi connectivity index (χ3n) is 2.51. The Kier molecular flexibility index (Phi) is 4.33. The van der Waals surface area contributed by atoms with Gasteiger partial charge in [0, 0.05) is 5.56 Å². The van der Waals surface area contributed by atoms with Gasteiger partial charge in [-0.1, -0.05) is 0 Å². The number of rotatable bonds is 6. The Labute approximate surface area is 119 Å². The quantitative estimate of drug-likeness (QED) is 0.752. The summed E-state index contributed by atoms with van der Waals surface area (Å²) in [5.74, 6) is -0.173. The predicted molar refractivity (Wildman–Crippen MR) is 66.4 cm³/mol. The monoisotopic (exact) mass is 326 g/mol. The first-order valence-electron chi connectivity index (χ1n) is 6.02. The maximum atomic E-state index is 12.2. The first kappa shape index (κ1) is 15.9. The molecule has 1 aromatic carbocycles. The molecule has 0 bridgehead atoms. The molecule has 0 atom stereocenters. The smallest absolute Gasteiger partial charge is 0.490 e. The van der Waals surface area contributed by atoms with E-state index in [4.69, 9.17) is 4.74 Å². The molecule has 0 aliphatic heterocycles. The number of ether oxygens (including phenoxy) is 2. The van der Waals surface area contributed by atoms with Crippen LogP contribution in [0.5, 0.6) is 11.5 Å². The van der Waals surface area contributed by atoms with Gasteiger partial charge in [-0.05, 0) is 31.0 Å². The Morgan fingerprint density at radius 3 is 2.48 bits per heavy atom. The minimum absolute atomic E-state index is 0.0105. The average Bonchev–Trinajstić information content (AvgIpc) is 3.10. The zero-order valence-corrected chi connectivity index (χ0v) is 11.8. The predicted octanol–water partition coefficient (Wildman–Crippen LogP) is 2.60. The Bertz CT molecular complexity index is 608. The fraction of sp³-hybridized carbons (Fsp3) is 0.500. The van der Waals surface area contributed by atoms with Crippen LogP contribution < -0.4 is 9.47 Å². The number of hydrogen-bond donors (Lipinski definition) is 0. The molecule has 0 saturated heterocycles. The summed E-state index contributed by atoms with van der Waals surface area (Å²) in [7, 11) is -3.72. The highest BCUT2D eigenvalue weighted by atomic mass is 32.2. The summed E-state index contributed by atoms with van der Waals surface area (Å²) in [6, 6.07) is 3.46. The molecule has 0 spiro atoms. The summed E-state index contributed by atoms with van der Waals surface area (Å²) >= 11 is 0. The highest BCUT2D eigenvalue weighted by Gasteiger charge is 2.31. The fourth-order valence-electron chi connectivity index (χ4n) is 1.52. The van der Waals surface area contributed by atoms with Crippen molar-refractivity contribution >= 4 is 10.1 Å². The van der Waals surface area contributed by atoms with E-state index in [1.54, 1.807) is 0 Å². The van der Waals surface area contributed by atoms with Crippen molar-refractivity contribution in [1.82, 2.24) is 0 Å². The number of halogens is 3. The Hall–Kier alpha value is -1.48. The first-order valence-corrected chi connectivity index (χ1v) is 7.84. The van der Waals surface area contributed by atoms with Gasteiger partial charge in [0.15, 0.2) is 0 Å². The highest BCUT2D eigenvalue weighted by molar-refractivity contribution is 7.85. The van der Waals surface area contributed by atoms with Gasteiger partial charge in [-0.2, -0.15) is 8.42 Å². The van der Waals surface area contributed by atoms with Crippen molar-refractivity contribution in [1.29, 1.82) is 0 Å². The van der Waals surface area contributed by atoms with Crippen molar-refractivity contribution in [2.45, 2.75) is 31.9 Å². The van der Waals surface area contributed by atoms with E-state index >= 15 is 0 Å². The molecule has 1 fully saturated rings. The zero-order valence-electron chi connectivity index (χ0n) is 11.0. The van der Waals surface area contributed by atoms with E-state index in [-0.39, 0.29) is 17.4 Å². The van der Waals surface area contributed by atoms with Crippen LogP contribution in [0.15, 0.2) is 18.2 Å². The summed E-state index contributed by atoms with van der Waals surface area (Å²) in [4.78, 5) is 0. The van der Waals surface area contributed by atoms with Gasteiger partial charge in [-0.3, -0.25) is 4.18 Å². The lowest BCUT2D eigenvalue weighted by molar-refractivity contribution is -0.274. The Balaban J connectivity index is 2.19. The molecule has 1 aromatic rings. The van der Waals surface area contributed by atoms with Crippen molar-refractivity contribution < 1.29 is 35.2 Å².